The van der Waals surface area contributed by atoms with Crippen molar-refractivity contribution in [2.24, 2.45) is 0 Å². The minimum absolute atomic E-state index is 0.241. The van der Waals surface area contributed by atoms with Crippen molar-refractivity contribution >= 4 is 35.1 Å². The Morgan fingerprint density at radius 1 is 0.944 bits per heavy atom. The van der Waals surface area contributed by atoms with E-state index >= 15 is 0 Å². The van der Waals surface area contributed by atoms with Crippen molar-refractivity contribution in [1.82, 2.24) is 9.55 Å². The molecule has 1 saturated heterocycles. The molecule has 0 radical (unpaired) electrons. The molecule has 0 amide bonds. The van der Waals surface area contributed by atoms with Gasteiger partial charge >= 0.3 is 17.6 Å². The number of alkyl halides is 2. The summed E-state index contributed by atoms with van der Waals surface area (Å²) in [5.41, 5.74) is 0.997. The number of aromatic amines is 1. The average Bonchev–Trinajstić information content (AvgIpc) is 3.08. The van der Waals surface area contributed by atoms with Crippen LogP contribution in [-0.4, -0.2) is 44.6 Å². The number of aromatic nitrogens is 2. The maximum Gasteiger partial charge on any atom is 0.338 e. The van der Waals surface area contributed by atoms with Crippen molar-refractivity contribution in [2.75, 3.05) is 6.61 Å². The highest BCUT2D eigenvalue weighted by Gasteiger charge is 2.59. The van der Waals surface area contributed by atoms with E-state index in [2.05, 4.69) is 4.98 Å². The van der Waals surface area contributed by atoms with Gasteiger partial charge in [-0.3, -0.25) is 14.3 Å². The molecule has 4 rings (SSSR count). The molecule has 2 heterocycles. The fraction of sp³-hybridized carbons (Fsp3) is 0.280. The van der Waals surface area contributed by atoms with Gasteiger partial charge < -0.3 is 14.2 Å². The molecule has 0 aliphatic carbocycles. The van der Waals surface area contributed by atoms with Crippen molar-refractivity contribution in [3.63, 3.8) is 0 Å². The summed E-state index contributed by atoms with van der Waals surface area (Å²) in [6, 6.07) is 14.5. The fourth-order valence-electron chi connectivity index (χ4n) is 3.66. The minimum Gasteiger partial charge on any atom is -0.459 e. The van der Waals surface area contributed by atoms with Crippen LogP contribution in [0.4, 0.5) is 0 Å². The van der Waals surface area contributed by atoms with E-state index in [0.717, 1.165) is 28.0 Å². The van der Waals surface area contributed by atoms with Crippen molar-refractivity contribution in [1.29, 1.82) is 0 Å². The van der Waals surface area contributed by atoms with Gasteiger partial charge in [0, 0.05) is 12.3 Å². The number of nitrogens with zero attached hydrogens (tertiary/aromatic N) is 1. The third-order valence-corrected chi connectivity index (χ3v) is 6.44. The van der Waals surface area contributed by atoms with Gasteiger partial charge in [-0.2, -0.15) is 0 Å². The van der Waals surface area contributed by atoms with Crippen molar-refractivity contribution < 1.29 is 23.8 Å². The number of halogens is 2. The topological polar surface area (TPSA) is 117 Å². The number of H-pyrrole nitrogens is 1. The summed E-state index contributed by atoms with van der Waals surface area (Å²) in [6.45, 7) is 3.37. The molecule has 0 bridgehead atoms. The van der Waals surface area contributed by atoms with Crippen LogP contribution < -0.4 is 11.2 Å². The number of rotatable bonds is 6. The van der Waals surface area contributed by atoms with E-state index in [4.69, 9.17) is 37.4 Å². The Hall–Kier alpha value is -3.40. The summed E-state index contributed by atoms with van der Waals surface area (Å²) in [7, 11) is 0. The number of carbonyl (C=O) groups is 2. The van der Waals surface area contributed by atoms with Crippen LogP contribution in [0.25, 0.3) is 0 Å². The first kappa shape index (κ1) is 25.7. The zero-order valence-electron chi connectivity index (χ0n) is 19.3. The van der Waals surface area contributed by atoms with Crippen LogP contribution >= 0.6 is 23.2 Å². The molecule has 0 unspecified atom stereocenters. The average molecular weight is 533 g/mol. The number of nitrogens with one attached hydrogen (secondary N) is 1. The Morgan fingerprint density at radius 2 is 1.50 bits per heavy atom. The summed E-state index contributed by atoms with van der Waals surface area (Å²) < 4.78 is 15.9. The number of ether oxygens (including phenoxy) is 3. The first-order valence-electron chi connectivity index (χ1n) is 10.9. The molecule has 3 aromatic rings. The van der Waals surface area contributed by atoms with Crippen LogP contribution in [0.3, 0.4) is 0 Å². The van der Waals surface area contributed by atoms with Crippen molar-refractivity contribution in [2.45, 2.75) is 36.6 Å². The molecule has 1 fully saturated rings. The highest BCUT2D eigenvalue weighted by atomic mass is 35.5. The third kappa shape index (κ3) is 5.38. The summed E-state index contributed by atoms with van der Waals surface area (Å²) in [5, 5.41) is 0. The predicted octanol–water partition coefficient (Wildman–Crippen LogP) is 3.31. The highest BCUT2D eigenvalue weighted by Crippen LogP contribution is 2.48. The number of hydrogen-bond donors (Lipinski definition) is 1. The van der Waals surface area contributed by atoms with Crippen LogP contribution in [0, 0.1) is 13.8 Å². The molecule has 11 heteroatoms. The van der Waals surface area contributed by atoms with E-state index in [1.807, 2.05) is 13.8 Å². The highest BCUT2D eigenvalue weighted by molar-refractivity contribution is 6.49. The lowest BCUT2D eigenvalue weighted by molar-refractivity contribution is -0.0583. The van der Waals surface area contributed by atoms with Crippen LogP contribution in [0.15, 0.2) is 70.4 Å². The van der Waals surface area contributed by atoms with Gasteiger partial charge in [-0.1, -0.05) is 58.6 Å². The maximum absolute atomic E-state index is 12.9. The van der Waals surface area contributed by atoms with E-state index in [1.54, 1.807) is 48.5 Å². The Labute approximate surface area is 215 Å². The number of esters is 2. The van der Waals surface area contributed by atoms with E-state index in [9.17, 15) is 19.2 Å². The molecule has 188 valence electrons. The molecule has 3 atom stereocenters. The van der Waals surface area contributed by atoms with Crippen molar-refractivity contribution in [3.8, 4) is 0 Å². The van der Waals surface area contributed by atoms with E-state index in [-0.39, 0.29) is 12.2 Å². The monoisotopic (exact) mass is 532 g/mol. The lowest BCUT2D eigenvalue weighted by Gasteiger charge is -2.27. The number of carbonyl (C=O) groups excluding carboxylic acids is 2. The van der Waals surface area contributed by atoms with Gasteiger partial charge in [-0.15, -0.1) is 0 Å². The molecular formula is C25H22Cl2N2O7. The van der Waals surface area contributed by atoms with E-state index in [1.165, 1.54) is 0 Å². The van der Waals surface area contributed by atoms with E-state index in [0.29, 0.717) is 5.56 Å². The van der Waals surface area contributed by atoms with Crippen LogP contribution in [0.5, 0.6) is 0 Å². The minimum atomic E-state index is -1.98. The molecule has 2 aromatic carbocycles. The van der Waals surface area contributed by atoms with Gasteiger partial charge in [0.05, 0.1) is 11.1 Å². The van der Waals surface area contributed by atoms with Gasteiger partial charge in [-0.25, -0.2) is 14.4 Å². The second-order valence-corrected chi connectivity index (χ2v) is 9.82. The van der Waals surface area contributed by atoms with Crippen LogP contribution in [0.2, 0.25) is 0 Å². The number of hydrogen-bond acceptors (Lipinski definition) is 7. The molecule has 1 aliphatic rings. The summed E-state index contributed by atoms with van der Waals surface area (Å²) in [4.78, 5) is 51.4. The van der Waals surface area contributed by atoms with Crippen LogP contribution in [0.1, 0.15) is 38.1 Å². The zero-order chi connectivity index (χ0) is 26.0. The Kier molecular flexibility index (Phi) is 7.35. The number of benzene rings is 2. The first-order chi connectivity index (χ1) is 17.1. The smallest absolute Gasteiger partial charge is 0.338 e. The van der Waals surface area contributed by atoms with Gasteiger partial charge in [-0.05, 0) is 38.1 Å². The van der Waals surface area contributed by atoms with Gasteiger partial charge in [0.2, 0.25) is 4.33 Å². The number of aryl methyl sites for hydroxylation is 2. The second-order valence-electron chi connectivity index (χ2n) is 8.38. The molecule has 0 saturated carbocycles. The first-order valence-corrected chi connectivity index (χ1v) is 11.7. The largest absolute Gasteiger partial charge is 0.459 e. The van der Waals surface area contributed by atoms with Gasteiger partial charge in [0.25, 0.3) is 5.56 Å². The second kappa shape index (κ2) is 10.3. The molecule has 1 N–H and O–H groups in total. The van der Waals surface area contributed by atoms with Crippen molar-refractivity contribution in [3.05, 3.63) is 104 Å². The zero-order valence-corrected chi connectivity index (χ0v) is 20.8. The predicted molar refractivity (Wildman–Crippen MR) is 132 cm³/mol. The quantitative estimate of drug-likeness (QED) is 0.382. The lowest BCUT2D eigenvalue weighted by Crippen LogP contribution is -2.44. The molecule has 1 aliphatic heterocycles. The molecule has 0 spiro atoms. The Bertz CT molecular complexity index is 1380. The van der Waals surface area contributed by atoms with Gasteiger partial charge in [0.15, 0.2) is 12.3 Å². The van der Waals surface area contributed by atoms with Crippen LogP contribution in [-0.2, 0) is 14.2 Å². The molecular weight excluding hydrogens is 511 g/mol. The summed E-state index contributed by atoms with van der Waals surface area (Å²) >= 11 is 13.2. The van der Waals surface area contributed by atoms with E-state index < -0.39 is 46.0 Å². The van der Waals surface area contributed by atoms with Gasteiger partial charge in [0.1, 0.15) is 12.7 Å². The Balaban J connectivity index is 1.61. The maximum atomic E-state index is 12.9. The third-order valence-electron chi connectivity index (χ3n) is 5.64. The molecule has 36 heavy (non-hydrogen) atoms. The Morgan fingerprint density at radius 3 is 2.06 bits per heavy atom. The summed E-state index contributed by atoms with van der Waals surface area (Å²) in [6.07, 6.45) is -2.69. The lowest BCUT2D eigenvalue weighted by atomic mass is 10.1. The standard InChI is InChI=1S/C25H22Cl2N2O7/c1-14-3-7-16(8-4-14)21(31)34-13-18-20(36-22(32)17-9-5-15(2)6-10-17)25(26,27)23(35-18)29-12-11-19(30)28-24(29)33/h3-12,18,20,23H,13H2,1-2H3,(H,28,30,33)/t18-,20-,23-/m1/s1. The SMILES string of the molecule is Cc1ccc(C(=O)OC[C@H]2O[C@@H](n3ccc(=O)[nH]c3=O)C(Cl)(Cl)[C@@H]2OC(=O)c2ccc(C)cc2)cc1. The molecule has 1 aromatic heterocycles. The fourth-order valence-corrected chi connectivity index (χ4v) is 4.35. The summed E-state index contributed by atoms with van der Waals surface area (Å²) in [5.74, 6) is -1.37. The molecule has 9 nitrogen and oxygen atoms in total. The normalized spacial score (nSPS) is 20.6.